The lowest BCUT2D eigenvalue weighted by Crippen LogP contribution is -2.55. The summed E-state index contributed by atoms with van der Waals surface area (Å²) in [6, 6.07) is 0. The van der Waals surface area contributed by atoms with Gasteiger partial charge in [0.1, 0.15) is 5.84 Å². The maximum absolute atomic E-state index is 11.1. The standard InChI is InChI=1S/C11H16N2O6/c1-5(14)17-8-4-13-11(12)10(19-7(3)16)9(8)18-6(2)15/h8-10H,4H2,1-3H3,(H2,12,13)/t8-,9-,10-/m1/s1. The van der Waals surface area contributed by atoms with E-state index in [4.69, 9.17) is 19.9 Å². The lowest BCUT2D eigenvalue weighted by molar-refractivity contribution is -0.177. The average molecular weight is 272 g/mol. The molecule has 0 bridgehead atoms. The van der Waals surface area contributed by atoms with Crippen LogP contribution < -0.4 is 5.73 Å². The number of esters is 3. The van der Waals surface area contributed by atoms with E-state index in [1.807, 2.05) is 0 Å². The first-order valence-corrected chi connectivity index (χ1v) is 5.62. The number of rotatable bonds is 3. The number of nitrogens with two attached hydrogens (primary N) is 1. The van der Waals surface area contributed by atoms with E-state index in [1.54, 1.807) is 0 Å². The van der Waals surface area contributed by atoms with Crippen LogP contribution in [0.3, 0.4) is 0 Å². The fraction of sp³-hybridized carbons (Fsp3) is 0.636. The molecule has 0 saturated carbocycles. The maximum Gasteiger partial charge on any atom is 0.303 e. The minimum Gasteiger partial charge on any atom is -0.456 e. The molecule has 8 nitrogen and oxygen atoms in total. The van der Waals surface area contributed by atoms with Gasteiger partial charge >= 0.3 is 17.9 Å². The second-order valence-electron chi connectivity index (χ2n) is 4.02. The number of hydrogen-bond acceptors (Lipinski definition) is 8. The predicted molar refractivity (Wildman–Crippen MR) is 63.2 cm³/mol. The zero-order valence-corrected chi connectivity index (χ0v) is 10.9. The Labute approximate surface area is 109 Å². The summed E-state index contributed by atoms with van der Waals surface area (Å²) in [6.45, 7) is 3.64. The molecule has 1 heterocycles. The number of carbonyl (C=O) groups is 3. The van der Waals surface area contributed by atoms with Crippen molar-refractivity contribution in [2.45, 2.75) is 39.1 Å². The molecular formula is C11H16N2O6. The molecule has 1 aliphatic rings. The molecule has 1 rings (SSSR count). The Morgan fingerprint density at radius 3 is 2.05 bits per heavy atom. The molecule has 2 N–H and O–H groups in total. The van der Waals surface area contributed by atoms with Gasteiger partial charge < -0.3 is 19.9 Å². The molecule has 0 amide bonds. The van der Waals surface area contributed by atoms with Gasteiger partial charge in [-0.15, -0.1) is 0 Å². The fourth-order valence-corrected chi connectivity index (χ4v) is 1.71. The topological polar surface area (TPSA) is 117 Å². The van der Waals surface area contributed by atoms with Crippen molar-refractivity contribution in [3.05, 3.63) is 0 Å². The summed E-state index contributed by atoms with van der Waals surface area (Å²) in [5.41, 5.74) is 5.63. The molecule has 1 aliphatic heterocycles. The Bertz CT molecular complexity index is 419. The van der Waals surface area contributed by atoms with Gasteiger partial charge in [-0.3, -0.25) is 19.4 Å². The van der Waals surface area contributed by atoms with Crippen molar-refractivity contribution in [1.82, 2.24) is 0 Å². The third kappa shape index (κ3) is 4.23. The predicted octanol–water partition coefficient (Wildman–Crippen LogP) is -0.848. The number of carbonyl (C=O) groups excluding carboxylic acids is 3. The molecule has 0 aromatic rings. The highest BCUT2D eigenvalue weighted by Gasteiger charge is 2.42. The number of aliphatic imine (C=N–C) groups is 1. The summed E-state index contributed by atoms with van der Waals surface area (Å²) < 4.78 is 15.0. The average Bonchev–Trinajstić information content (AvgIpc) is 2.25. The van der Waals surface area contributed by atoms with Crippen LogP contribution in [-0.4, -0.2) is 48.6 Å². The van der Waals surface area contributed by atoms with Crippen LogP contribution >= 0.6 is 0 Å². The summed E-state index contributed by atoms with van der Waals surface area (Å²) in [6.07, 6.45) is -2.89. The van der Waals surface area contributed by atoms with Crippen LogP contribution in [0.25, 0.3) is 0 Å². The van der Waals surface area contributed by atoms with Gasteiger partial charge in [0.2, 0.25) is 0 Å². The molecule has 0 aliphatic carbocycles. The zero-order chi connectivity index (χ0) is 14.6. The van der Waals surface area contributed by atoms with Crippen LogP contribution in [0.4, 0.5) is 0 Å². The van der Waals surface area contributed by atoms with Gasteiger partial charge in [0, 0.05) is 20.8 Å². The van der Waals surface area contributed by atoms with Crippen molar-refractivity contribution < 1.29 is 28.6 Å². The van der Waals surface area contributed by atoms with Crippen LogP contribution in [-0.2, 0) is 28.6 Å². The number of hydrogen-bond donors (Lipinski definition) is 1. The maximum atomic E-state index is 11.1. The van der Waals surface area contributed by atoms with Crippen molar-refractivity contribution in [1.29, 1.82) is 0 Å². The van der Waals surface area contributed by atoms with E-state index in [9.17, 15) is 14.4 Å². The molecule has 0 aromatic heterocycles. The highest BCUT2D eigenvalue weighted by Crippen LogP contribution is 2.18. The molecule has 19 heavy (non-hydrogen) atoms. The summed E-state index contributed by atoms with van der Waals surface area (Å²) in [5.74, 6) is -1.75. The Morgan fingerprint density at radius 2 is 1.58 bits per heavy atom. The van der Waals surface area contributed by atoms with Crippen LogP contribution in [0, 0.1) is 0 Å². The number of amidine groups is 1. The lowest BCUT2D eigenvalue weighted by atomic mass is 10.0. The van der Waals surface area contributed by atoms with Crippen molar-refractivity contribution in [3.63, 3.8) is 0 Å². The molecule has 0 unspecified atom stereocenters. The fourth-order valence-electron chi connectivity index (χ4n) is 1.71. The summed E-state index contributed by atoms with van der Waals surface area (Å²) in [5, 5.41) is 0. The minimum atomic E-state index is -1.06. The second-order valence-corrected chi connectivity index (χ2v) is 4.02. The van der Waals surface area contributed by atoms with Crippen LogP contribution in [0.2, 0.25) is 0 Å². The van der Waals surface area contributed by atoms with Gasteiger partial charge in [-0.2, -0.15) is 0 Å². The van der Waals surface area contributed by atoms with E-state index in [2.05, 4.69) is 4.99 Å². The Morgan fingerprint density at radius 1 is 1.05 bits per heavy atom. The first kappa shape index (κ1) is 14.9. The normalized spacial score (nSPS) is 26.1. The van der Waals surface area contributed by atoms with E-state index in [0.717, 1.165) is 0 Å². The van der Waals surface area contributed by atoms with Crippen molar-refractivity contribution >= 4 is 23.7 Å². The Balaban J connectivity index is 2.97. The van der Waals surface area contributed by atoms with Gasteiger partial charge in [-0.1, -0.05) is 0 Å². The first-order valence-electron chi connectivity index (χ1n) is 5.62. The van der Waals surface area contributed by atoms with Gasteiger partial charge in [0.15, 0.2) is 18.3 Å². The van der Waals surface area contributed by atoms with Gasteiger partial charge in [0.05, 0.1) is 6.54 Å². The summed E-state index contributed by atoms with van der Waals surface area (Å²) in [7, 11) is 0. The lowest BCUT2D eigenvalue weighted by Gasteiger charge is -2.33. The van der Waals surface area contributed by atoms with Crippen LogP contribution in [0.5, 0.6) is 0 Å². The minimum absolute atomic E-state index is 0.0184. The highest BCUT2D eigenvalue weighted by molar-refractivity contribution is 5.88. The molecule has 0 spiro atoms. The molecular weight excluding hydrogens is 256 g/mol. The summed E-state index contributed by atoms with van der Waals surface area (Å²) >= 11 is 0. The van der Waals surface area contributed by atoms with E-state index in [-0.39, 0.29) is 12.4 Å². The van der Waals surface area contributed by atoms with E-state index in [0.29, 0.717) is 0 Å². The zero-order valence-electron chi connectivity index (χ0n) is 10.9. The van der Waals surface area contributed by atoms with Crippen LogP contribution in [0.1, 0.15) is 20.8 Å². The third-order valence-corrected chi connectivity index (χ3v) is 2.32. The molecule has 8 heteroatoms. The molecule has 0 saturated heterocycles. The first-order chi connectivity index (χ1) is 8.81. The number of ether oxygens (including phenoxy) is 3. The molecule has 0 fully saturated rings. The van der Waals surface area contributed by atoms with Gasteiger partial charge in [-0.25, -0.2) is 0 Å². The Kier molecular flexibility index (Phi) is 4.85. The Hall–Kier alpha value is -2.12. The van der Waals surface area contributed by atoms with Crippen molar-refractivity contribution in [3.8, 4) is 0 Å². The van der Waals surface area contributed by atoms with Crippen LogP contribution in [0.15, 0.2) is 4.99 Å². The second kappa shape index (κ2) is 6.17. The number of nitrogens with zero attached hydrogens (tertiary/aromatic N) is 1. The largest absolute Gasteiger partial charge is 0.456 e. The van der Waals surface area contributed by atoms with E-state index in [1.165, 1.54) is 20.8 Å². The van der Waals surface area contributed by atoms with Gasteiger partial charge in [0.25, 0.3) is 0 Å². The third-order valence-electron chi connectivity index (χ3n) is 2.32. The quantitative estimate of drug-likeness (QED) is 0.525. The smallest absolute Gasteiger partial charge is 0.303 e. The van der Waals surface area contributed by atoms with Crippen molar-refractivity contribution in [2.75, 3.05) is 6.54 Å². The van der Waals surface area contributed by atoms with E-state index >= 15 is 0 Å². The van der Waals surface area contributed by atoms with Crippen molar-refractivity contribution in [2.24, 2.45) is 10.7 Å². The highest BCUT2D eigenvalue weighted by atomic mass is 16.6. The monoisotopic (exact) mass is 272 g/mol. The molecule has 0 radical (unpaired) electrons. The molecule has 0 aromatic carbocycles. The summed E-state index contributed by atoms with van der Waals surface area (Å²) in [4.78, 5) is 37.0. The SMILES string of the molecule is CC(=O)O[C@@H]1[C@H](OC(C)=O)CN=C(N)[C@@H]1OC(C)=O. The van der Waals surface area contributed by atoms with Gasteiger partial charge in [-0.05, 0) is 0 Å². The molecule has 3 atom stereocenters. The van der Waals surface area contributed by atoms with E-state index < -0.39 is 36.2 Å². The molecule has 106 valence electrons.